The summed E-state index contributed by atoms with van der Waals surface area (Å²) in [4.78, 5) is 0. The molecule has 0 bridgehead atoms. The highest BCUT2D eigenvalue weighted by Crippen LogP contribution is 2.37. The van der Waals surface area contributed by atoms with Gasteiger partial charge in [0.05, 0.1) is 21.5 Å². The number of aliphatic hydroxyl groups is 2. The highest BCUT2D eigenvalue weighted by molar-refractivity contribution is 6.42. The molecule has 0 radical (unpaired) electrons. The van der Waals surface area contributed by atoms with Gasteiger partial charge in [-0.2, -0.15) is 5.26 Å². The Hall–Kier alpha value is -1.05. The maximum atomic E-state index is 9.61. The van der Waals surface area contributed by atoms with Crippen molar-refractivity contribution < 1.29 is 10.2 Å². The first-order chi connectivity index (χ1) is 9.45. The Morgan fingerprint density at radius 1 is 1.30 bits per heavy atom. The van der Waals surface area contributed by atoms with Crippen LogP contribution in [-0.2, 0) is 5.41 Å². The summed E-state index contributed by atoms with van der Waals surface area (Å²) in [6.07, 6.45) is 1.93. The van der Waals surface area contributed by atoms with Crippen LogP contribution >= 0.6 is 23.2 Å². The molecule has 0 saturated heterocycles. The molecular formula is C15H17Cl2NO2. The average molecular weight is 314 g/mol. The van der Waals surface area contributed by atoms with Crippen molar-refractivity contribution in [3.63, 3.8) is 0 Å². The third-order valence-corrected chi connectivity index (χ3v) is 4.03. The number of halogens is 2. The fourth-order valence-electron chi connectivity index (χ4n) is 2.11. The summed E-state index contributed by atoms with van der Waals surface area (Å²) in [6.45, 7) is 3.66. The summed E-state index contributed by atoms with van der Waals surface area (Å²) < 4.78 is 0. The van der Waals surface area contributed by atoms with Gasteiger partial charge in [0.15, 0.2) is 6.29 Å². The Labute approximate surface area is 129 Å². The van der Waals surface area contributed by atoms with Crippen molar-refractivity contribution in [1.82, 2.24) is 0 Å². The molecule has 0 heterocycles. The van der Waals surface area contributed by atoms with Crippen LogP contribution < -0.4 is 0 Å². The molecule has 5 heteroatoms. The molecule has 1 aromatic carbocycles. The molecule has 0 saturated carbocycles. The van der Waals surface area contributed by atoms with Crippen molar-refractivity contribution in [1.29, 1.82) is 5.26 Å². The summed E-state index contributed by atoms with van der Waals surface area (Å²) in [5.41, 5.74) is -0.0940. The van der Waals surface area contributed by atoms with E-state index in [1.807, 2.05) is 0 Å². The fourth-order valence-corrected chi connectivity index (χ4v) is 2.41. The van der Waals surface area contributed by atoms with Crippen molar-refractivity contribution >= 4 is 23.2 Å². The van der Waals surface area contributed by atoms with E-state index in [4.69, 9.17) is 33.4 Å². The van der Waals surface area contributed by atoms with Gasteiger partial charge in [0.2, 0.25) is 0 Å². The number of nitriles is 1. The van der Waals surface area contributed by atoms with Crippen LogP contribution in [0.4, 0.5) is 0 Å². The van der Waals surface area contributed by atoms with E-state index < -0.39 is 11.7 Å². The second-order valence-corrected chi connectivity index (χ2v) is 5.48. The number of allylic oxidation sites excluding steroid dienone is 1. The summed E-state index contributed by atoms with van der Waals surface area (Å²) in [5, 5.41) is 28.5. The Kier molecular flexibility index (Phi) is 6.51. The maximum absolute atomic E-state index is 9.61. The zero-order valence-electron chi connectivity index (χ0n) is 11.0. The Morgan fingerprint density at radius 3 is 2.50 bits per heavy atom. The third-order valence-electron chi connectivity index (χ3n) is 3.29. The topological polar surface area (TPSA) is 64.2 Å². The zero-order chi connectivity index (χ0) is 15.2. The van der Waals surface area contributed by atoms with Crippen LogP contribution in [0.1, 0.15) is 31.2 Å². The first-order valence-electron chi connectivity index (χ1n) is 6.29. The van der Waals surface area contributed by atoms with Crippen LogP contribution in [0.2, 0.25) is 10.0 Å². The number of aliphatic hydroxyl groups excluding tert-OH is 1. The molecule has 3 nitrogen and oxygen atoms in total. The van der Waals surface area contributed by atoms with Gasteiger partial charge in [0.25, 0.3) is 0 Å². The molecule has 108 valence electrons. The normalized spacial score (nSPS) is 13.8. The van der Waals surface area contributed by atoms with Gasteiger partial charge in [0.1, 0.15) is 0 Å². The van der Waals surface area contributed by atoms with Gasteiger partial charge in [-0.3, -0.25) is 0 Å². The number of nitrogens with zero attached hydrogens (tertiary/aromatic N) is 1. The molecule has 0 amide bonds. The van der Waals surface area contributed by atoms with Gasteiger partial charge in [-0.1, -0.05) is 35.3 Å². The van der Waals surface area contributed by atoms with Gasteiger partial charge in [0, 0.05) is 0 Å². The lowest BCUT2D eigenvalue weighted by molar-refractivity contribution is -0.0489. The second kappa shape index (κ2) is 7.66. The van der Waals surface area contributed by atoms with Crippen molar-refractivity contribution in [3.8, 4) is 6.07 Å². The molecule has 0 aliphatic carbocycles. The van der Waals surface area contributed by atoms with E-state index in [9.17, 15) is 5.26 Å². The number of hydrogen-bond donors (Lipinski definition) is 2. The Bertz CT molecular complexity index is 511. The molecule has 1 rings (SSSR count). The SMILES string of the molecule is C=CCCC(C#N)(CCC(O)O)c1ccc(Cl)c(Cl)c1. The summed E-state index contributed by atoms with van der Waals surface area (Å²) >= 11 is 11.9. The molecule has 0 spiro atoms. The molecular weight excluding hydrogens is 297 g/mol. The fraction of sp³-hybridized carbons (Fsp3) is 0.400. The molecule has 0 fully saturated rings. The molecule has 20 heavy (non-hydrogen) atoms. The Morgan fingerprint density at radius 2 is 2.00 bits per heavy atom. The maximum Gasteiger partial charge on any atom is 0.151 e. The van der Waals surface area contributed by atoms with E-state index in [1.165, 1.54) is 0 Å². The predicted molar refractivity (Wildman–Crippen MR) is 80.6 cm³/mol. The quantitative estimate of drug-likeness (QED) is 0.594. The lowest BCUT2D eigenvalue weighted by Gasteiger charge is -2.27. The molecule has 2 N–H and O–H groups in total. The smallest absolute Gasteiger partial charge is 0.151 e. The molecule has 1 unspecified atom stereocenters. The molecule has 0 aliphatic rings. The van der Waals surface area contributed by atoms with E-state index in [0.717, 1.165) is 5.56 Å². The standard InChI is InChI=1S/C15H17Cl2NO2/c1-2-3-7-15(10-18,8-6-14(19)20)11-4-5-12(16)13(17)9-11/h2,4-5,9,14,19-20H,1,3,6-8H2. The van der Waals surface area contributed by atoms with Crippen LogP contribution in [0.3, 0.4) is 0 Å². The van der Waals surface area contributed by atoms with E-state index >= 15 is 0 Å². The van der Waals surface area contributed by atoms with Crippen molar-refractivity contribution in [2.45, 2.75) is 37.4 Å². The second-order valence-electron chi connectivity index (χ2n) is 4.67. The average Bonchev–Trinajstić information content (AvgIpc) is 2.43. The minimum Gasteiger partial charge on any atom is -0.368 e. The van der Waals surface area contributed by atoms with Gasteiger partial charge >= 0.3 is 0 Å². The monoisotopic (exact) mass is 313 g/mol. The predicted octanol–water partition coefficient (Wildman–Crippen LogP) is 3.81. The van der Waals surface area contributed by atoms with Crippen molar-refractivity contribution in [2.75, 3.05) is 0 Å². The molecule has 0 aromatic heterocycles. The van der Waals surface area contributed by atoms with Crippen LogP contribution in [0.25, 0.3) is 0 Å². The van der Waals surface area contributed by atoms with E-state index in [1.54, 1.807) is 24.3 Å². The lowest BCUT2D eigenvalue weighted by atomic mass is 9.74. The molecule has 1 aromatic rings. The van der Waals surface area contributed by atoms with Gasteiger partial charge in [-0.15, -0.1) is 6.58 Å². The first-order valence-corrected chi connectivity index (χ1v) is 7.04. The highest BCUT2D eigenvalue weighted by atomic mass is 35.5. The largest absolute Gasteiger partial charge is 0.368 e. The number of benzene rings is 1. The minimum absolute atomic E-state index is 0.116. The third kappa shape index (κ3) is 4.22. The van der Waals surface area contributed by atoms with Gasteiger partial charge in [-0.25, -0.2) is 0 Å². The zero-order valence-corrected chi connectivity index (χ0v) is 12.5. The van der Waals surface area contributed by atoms with Crippen molar-refractivity contribution in [2.24, 2.45) is 0 Å². The van der Waals surface area contributed by atoms with Crippen LogP contribution in [0.5, 0.6) is 0 Å². The highest BCUT2D eigenvalue weighted by Gasteiger charge is 2.32. The van der Waals surface area contributed by atoms with E-state index in [2.05, 4.69) is 12.6 Å². The lowest BCUT2D eigenvalue weighted by Crippen LogP contribution is -2.26. The van der Waals surface area contributed by atoms with Gasteiger partial charge in [-0.05, 0) is 43.4 Å². The molecule has 1 atom stereocenters. The van der Waals surface area contributed by atoms with E-state index in [-0.39, 0.29) is 6.42 Å². The number of hydrogen-bond acceptors (Lipinski definition) is 3. The van der Waals surface area contributed by atoms with Crippen molar-refractivity contribution in [3.05, 3.63) is 46.5 Å². The van der Waals surface area contributed by atoms with E-state index in [0.29, 0.717) is 29.3 Å². The summed E-state index contributed by atoms with van der Waals surface area (Å²) in [5.74, 6) is 0. The Balaban J connectivity index is 3.15. The number of rotatable bonds is 7. The van der Waals surface area contributed by atoms with Crippen LogP contribution in [0, 0.1) is 11.3 Å². The summed E-state index contributed by atoms with van der Waals surface area (Å²) in [7, 11) is 0. The van der Waals surface area contributed by atoms with Gasteiger partial charge < -0.3 is 10.2 Å². The van der Waals surface area contributed by atoms with Crippen LogP contribution in [-0.4, -0.2) is 16.5 Å². The first kappa shape index (κ1) is 17.0. The molecule has 0 aliphatic heterocycles. The van der Waals surface area contributed by atoms with Crippen LogP contribution in [0.15, 0.2) is 30.9 Å². The minimum atomic E-state index is -1.44. The summed E-state index contributed by atoms with van der Waals surface area (Å²) in [6, 6.07) is 7.37.